The van der Waals surface area contributed by atoms with E-state index in [1.165, 1.54) is 0 Å². The van der Waals surface area contributed by atoms with Gasteiger partial charge in [-0.2, -0.15) is 5.10 Å². The fourth-order valence-corrected chi connectivity index (χ4v) is 1.75. The van der Waals surface area contributed by atoms with Crippen molar-refractivity contribution in [2.24, 2.45) is 7.05 Å². The third kappa shape index (κ3) is 2.97. The highest BCUT2D eigenvalue weighted by Crippen LogP contribution is 2.21. The Hall–Kier alpha value is -0.580. The lowest BCUT2D eigenvalue weighted by Gasteiger charge is -2.23. The number of nitrogens with one attached hydrogen (secondary N) is 1. The van der Waals surface area contributed by atoms with E-state index in [0.717, 1.165) is 22.8 Å². The van der Waals surface area contributed by atoms with Crippen LogP contribution in [-0.4, -0.2) is 27.0 Å². The molecular formula is C11H20ClN3O. The molecule has 0 radical (unpaired) electrons. The normalized spacial score (nSPS) is 12.1. The second-order valence-electron chi connectivity index (χ2n) is 4.58. The number of halogens is 1. The van der Waals surface area contributed by atoms with Crippen LogP contribution in [0.15, 0.2) is 0 Å². The Morgan fingerprint density at radius 1 is 1.50 bits per heavy atom. The second-order valence-corrected chi connectivity index (χ2v) is 4.96. The Morgan fingerprint density at radius 2 is 2.12 bits per heavy atom. The molecule has 2 N–H and O–H groups in total. The quantitative estimate of drug-likeness (QED) is 0.827. The zero-order chi connectivity index (χ0) is 12.3. The summed E-state index contributed by atoms with van der Waals surface area (Å²) in [6.45, 7) is 6.61. The van der Waals surface area contributed by atoms with E-state index in [4.69, 9.17) is 16.7 Å². The topological polar surface area (TPSA) is 50.1 Å². The molecule has 0 spiro atoms. The molecule has 0 unspecified atom stereocenters. The number of hydrogen-bond acceptors (Lipinski definition) is 3. The molecule has 0 aliphatic heterocycles. The van der Waals surface area contributed by atoms with Gasteiger partial charge in [-0.3, -0.25) is 4.68 Å². The van der Waals surface area contributed by atoms with Crippen LogP contribution in [-0.2, 0) is 20.0 Å². The van der Waals surface area contributed by atoms with Gasteiger partial charge in [-0.1, -0.05) is 18.5 Å². The SMILES string of the molecule is CCc1nn(C)c(CNC(C)(C)CO)c1Cl. The van der Waals surface area contributed by atoms with Crippen molar-refractivity contribution >= 4 is 11.6 Å². The zero-order valence-corrected chi connectivity index (χ0v) is 11.1. The van der Waals surface area contributed by atoms with Gasteiger partial charge in [-0.25, -0.2) is 0 Å². The second kappa shape index (κ2) is 5.17. The Morgan fingerprint density at radius 3 is 2.56 bits per heavy atom. The van der Waals surface area contributed by atoms with Gasteiger partial charge in [0.2, 0.25) is 0 Å². The van der Waals surface area contributed by atoms with Crippen molar-refractivity contribution in [2.75, 3.05) is 6.61 Å². The van der Waals surface area contributed by atoms with E-state index in [1.807, 2.05) is 27.8 Å². The van der Waals surface area contributed by atoms with E-state index in [0.29, 0.717) is 6.54 Å². The number of hydrogen-bond donors (Lipinski definition) is 2. The molecule has 1 rings (SSSR count). The first-order chi connectivity index (χ1) is 7.41. The molecule has 1 aromatic rings. The fourth-order valence-electron chi connectivity index (χ4n) is 1.39. The lowest BCUT2D eigenvalue weighted by Crippen LogP contribution is -2.42. The Bertz CT molecular complexity index is 360. The molecule has 0 atom stereocenters. The maximum absolute atomic E-state index is 9.14. The molecule has 0 amide bonds. The molecule has 0 aromatic carbocycles. The third-order valence-electron chi connectivity index (χ3n) is 2.63. The molecule has 0 aliphatic rings. The summed E-state index contributed by atoms with van der Waals surface area (Å²) in [7, 11) is 1.88. The number of aryl methyl sites for hydroxylation is 2. The van der Waals surface area contributed by atoms with Gasteiger partial charge < -0.3 is 10.4 Å². The van der Waals surface area contributed by atoms with Gasteiger partial charge in [-0.15, -0.1) is 0 Å². The van der Waals surface area contributed by atoms with E-state index in [9.17, 15) is 0 Å². The molecule has 0 aliphatic carbocycles. The van der Waals surface area contributed by atoms with Crippen molar-refractivity contribution in [2.45, 2.75) is 39.3 Å². The first-order valence-corrected chi connectivity index (χ1v) is 5.85. The van der Waals surface area contributed by atoms with Crippen LogP contribution in [0.25, 0.3) is 0 Å². The van der Waals surface area contributed by atoms with Gasteiger partial charge in [0, 0.05) is 19.1 Å². The molecule has 16 heavy (non-hydrogen) atoms. The Kier molecular flexibility index (Phi) is 4.35. The summed E-state index contributed by atoms with van der Waals surface area (Å²) in [5.41, 5.74) is 1.57. The molecular weight excluding hydrogens is 226 g/mol. The summed E-state index contributed by atoms with van der Waals surface area (Å²) in [6, 6.07) is 0. The summed E-state index contributed by atoms with van der Waals surface area (Å²) in [4.78, 5) is 0. The molecule has 92 valence electrons. The van der Waals surface area contributed by atoms with Gasteiger partial charge in [-0.05, 0) is 20.3 Å². The zero-order valence-electron chi connectivity index (χ0n) is 10.3. The van der Waals surface area contributed by atoms with Gasteiger partial charge in [0.25, 0.3) is 0 Å². The van der Waals surface area contributed by atoms with Crippen molar-refractivity contribution < 1.29 is 5.11 Å². The predicted molar refractivity (Wildman–Crippen MR) is 65.6 cm³/mol. The van der Waals surface area contributed by atoms with Crippen LogP contribution in [0.1, 0.15) is 32.2 Å². The minimum absolute atomic E-state index is 0.0864. The summed E-state index contributed by atoms with van der Waals surface area (Å²) in [6.07, 6.45) is 0.829. The summed E-state index contributed by atoms with van der Waals surface area (Å²) in [5.74, 6) is 0. The van der Waals surface area contributed by atoms with E-state index in [-0.39, 0.29) is 12.1 Å². The average molecular weight is 246 g/mol. The van der Waals surface area contributed by atoms with Gasteiger partial charge >= 0.3 is 0 Å². The van der Waals surface area contributed by atoms with Crippen LogP contribution in [0.4, 0.5) is 0 Å². The minimum Gasteiger partial charge on any atom is -0.394 e. The summed E-state index contributed by atoms with van der Waals surface area (Å²) in [5, 5.41) is 17.5. The average Bonchev–Trinajstić information content (AvgIpc) is 2.51. The van der Waals surface area contributed by atoms with Crippen LogP contribution in [0.2, 0.25) is 5.02 Å². The highest BCUT2D eigenvalue weighted by atomic mass is 35.5. The Balaban J connectivity index is 2.78. The first kappa shape index (κ1) is 13.5. The predicted octanol–water partition coefficient (Wildman–Crippen LogP) is 1.50. The van der Waals surface area contributed by atoms with Crippen LogP contribution in [0, 0.1) is 0 Å². The maximum Gasteiger partial charge on any atom is 0.0863 e. The number of nitrogens with zero attached hydrogens (tertiary/aromatic N) is 2. The van der Waals surface area contributed by atoms with Crippen LogP contribution < -0.4 is 5.32 Å². The molecule has 1 aromatic heterocycles. The highest BCUT2D eigenvalue weighted by molar-refractivity contribution is 6.31. The summed E-state index contributed by atoms with van der Waals surface area (Å²) >= 11 is 6.22. The number of aliphatic hydroxyl groups is 1. The van der Waals surface area contributed by atoms with E-state index < -0.39 is 0 Å². The fraction of sp³-hybridized carbons (Fsp3) is 0.727. The van der Waals surface area contributed by atoms with Gasteiger partial charge in [0.05, 0.1) is 23.0 Å². The number of rotatable bonds is 5. The van der Waals surface area contributed by atoms with Crippen molar-refractivity contribution in [1.29, 1.82) is 0 Å². The van der Waals surface area contributed by atoms with Crippen LogP contribution in [0.3, 0.4) is 0 Å². The van der Waals surface area contributed by atoms with E-state index >= 15 is 0 Å². The van der Waals surface area contributed by atoms with Crippen molar-refractivity contribution in [3.63, 3.8) is 0 Å². The monoisotopic (exact) mass is 245 g/mol. The maximum atomic E-state index is 9.14. The molecule has 0 fully saturated rings. The lowest BCUT2D eigenvalue weighted by molar-refractivity contribution is 0.186. The summed E-state index contributed by atoms with van der Waals surface area (Å²) < 4.78 is 1.79. The van der Waals surface area contributed by atoms with Crippen LogP contribution >= 0.6 is 11.6 Å². The largest absolute Gasteiger partial charge is 0.394 e. The molecule has 0 saturated heterocycles. The molecule has 1 heterocycles. The molecule has 5 heteroatoms. The third-order valence-corrected chi connectivity index (χ3v) is 3.07. The van der Waals surface area contributed by atoms with Gasteiger partial charge in [0.1, 0.15) is 0 Å². The molecule has 0 bridgehead atoms. The number of aliphatic hydroxyl groups excluding tert-OH is 1. The smallest absolute Gasteiger partial charge is 0.0863 e. The van der Waals surface area contributed by atoms with Crippen molar-refractivity contribution in [1.82, 2.24) is 15.1 Å². The van der Waals surface area contributed by atoms with Crippen LogP contribution in [0.5, 0.6) is 0 Å². The standard InChI is InChI=1S/C11H20ClN3O/c1-5-8-10(12)9(15(4)14-8)6-13-11(2,3)7-16/h13,16H,5-7H2,1-4H3. The lowest BCUT2D eigenvalue weighted by atomic mass is 10.1. The van der Waals surface area contributed by atoms with Crippen molar-refractivity contribution in [3.05, 3.63) is 16.4 Å². The van der Waals surface area contributed by atoms with E-state index in [2.05, 4.69) is 10.4 Å². The van der Waals surface area contributed by atoms with E-state index in [1.54, 1.807) is 4.68 Å². The van der Waals surface area contributed by atoms with Crippen molar-refractivity contribution in [3.8, 4) is 0 Å². The first-order valence-electron chi connectivity index (χ1n) is 5.47. The highest BCUT2D eigenvalue weighted by Gasteiger charge is 2.18. The molecule has 4 nitrogen and oxygen atoms in total. The Labute approximate surface area is 102 Å². The van der Waals surface area contributed by atoms with Gasteiger partial charge in [0.15, 0.2) is 0 Å². The molecule has 0 saturated carbocycles. The number of aromatic nitrogens is 2. The minimum atomic E-state index is -0.306.